The number of rotatable bonds is 5. The summed E-state index contributed by atoms with van der Waals surface area (Å²) in [5.74, 6) is 0. The van der Waals surface area contributed by atoms with Crippen molar-refractivity contribution in [3.8, 4) is 0 Å². The second kappa shape index (κ2) is 5.31. The Morgan fingerprint density at radius 1 is 1.41 bits per heavy atom. The molecule has 0 spiro atoms. The predicted octanol–water partition coefficient (Wildman–Crippen LogP) is 2.73. The number of hydrogen-bond acceptors (Lipinski definition) is 5. The molecule has 1 N–H and O–H groups in total. The molecule has 1 aliphatic heterocycles. The highest BCUT2D eigenvalue weighted by molar-refractivity contribution is 7.15. The quantitative estimate of drug-likeness (QED) is 0.877. The standard InChI is InChI=1S/C12H22N4S/c1-4-7-13-11-15-14-10(17-11)9-16-8-5-6-12(16,2)3/h4-9H2,1-3H3,(H,13,15). The van der Waals surface area contributed by atoms with E-state index >= 15 is 0 Å². The van der Waals surface area contributed by atoms with E-state index in [-0.39, 0.29) is 0 Å². The number of nitrogens with one attached hydrogen (secondary N) is 1. The molecule has 2 rings (SSSR count). The number of anilines is 1. The zero-order valence-corrected chi connectivity index (χ0v) is 11.8. The van der Waals surface area contributed by atoms with Crippen molar-refractivity contribution >= 4 is 16.5 Å². The van der Waals surface area contributed by atoms with Gasteiger partial charge in [-0.1, -0.05) is 18.3 Å². The Bertz CT molecular complexity index is 361. The molecule has 96 valence electrons. The van der Waals surface area contributed by atoms with Crippen molar-refractivity contribution < 1.29 is 0 Å². The maximum atomic E-state index is 4.26. The summed E-state index contributed by atoms with van der Waals surface area (Å²) in [6, 6.07) is 0. The molecular formula is C12H22N4S. The van der Waals surface area contributed by atoms with Crippen LogP contribution in [-0.4, -0.2) is 33.7 Å². The molecule has 0 radical (unpaired) electrons. The molecule has 4 nitrogen and oxygen atoms in total. The lowest BCUT2D eigenvalue weighted by atomic mass is 10.0. The topological polar surface area (TPSA) is 41.1 Å². The number of nitrogens with zero attached hydrogens (tertiary/aromatic N) is 3. The highest BCUT2D eigenvalue weighted by atomic mass is 32.1. The fourth-order valence-corrected chi connectivity index (χ4v) is 3.02. The number of hydrogen-bond donors (Lipinski definition) is 1. The predicted molar refractivity (Wildman–Crippen MR) is 72.4 cm³/mol. The molecule has 1 fully saturated rings. The monoisotopic (exact) mass is 254 g/mol. The van der Waals surface area contributed by atoms with Crippen LogP contribution >= 0.6 is 11.3 Å². The second-order valence-electron chi connectivity index (χ2n) is 5.27. The summed E-state index contributed by atoms with van der Waals surface area (Å²) in [4.78, 5) is 2.51. The first kappa shape index (κ1) is 12.8. The molecule has 0 unspecified atom stereocenters. The normalized spacial score (nSPS) is 19.7. The molecule has 5 heteroatoms. The largest absolute Gasteiger partial charge is 0.360 e. The molecule has 0 aromatic carbocycles. The number of aromatic nitrogens is 2. The molecule has 2 heterocycles. The number of likely N-dealkylation sites (tertiary alicyclic amines) is 1. The van der Waals surface area contributed by atoms with Crippen molar-refractivity contribution in [3.63, 3.8) is 0 Å². The van der Waals surface area contributed by atoms with Gasteiger partial charge in [0, 0.05) is 12.1 Å². The van der Waals surface area contributed by atoms with Crippen molar-refractivity contribution in [2.24, 2.45) is 0 Å². The van der Waals surface area contributed by atoms with Crippen molar-refractivity contribution in [2.45, 2.75) is 52.1 Å². The summed E-state index contributed by atoms with van der Waals surface area (Å²) in [5, 5.41) is 13.8. The van der Waals surface area contributed by atoms with Crippen molar-refractivity contribution in [2.75, 3.05) is 18.4 Å². The third-order valence-electron chi connectivity index (χ3n) is 3.39. The Kier molecular flexibility index (Phi) is 3.99. The highest BCUT2D eigenvalue weighted by Gasteiger charge is 2.32. The third-order valence-corrected chi connectivity index (χ3v) is 4.26. The van der Waals surface area contributed by atoms with Crippen LogP contribution < -0.4 is 5.32 Å². The molecule has 1 aromatic heterocycles. The Hall–Kier alpha value is -0.680. The molecule has 1 aromatic rings. The van der Waals surface area contributed by atoms with Crippen LogP contribution in [0.15, 0.2) is 0 Å². The van der Waals surface area contributed by atoms with Crippen molar-refractivity contribution in [1.82, 2.24) is 15.1 Å². The second-order valence-corrected chi connectivity index (χ2v) is 6.33. The van der Waals surface area contributed by atoms with E-state index in [1.165, 1.54) is 19.4 Å². The molecule has 0 amide bonds. The fraction of sp³-hybridized carbons (Fsp3) is 0.833. The van der Waals surface area contributed by atoms with E-state index < -0.39 is 0 Å². The minimum Gasteiger partial charge on any atom is -0.360 e. The Balaban J connectivity index is 1.92. The van der Waals surface area contributed by atoms with Gasteiger partial charge < -0.3 is 5.32 Å². The minimum atomic E-state index is 0.322. The first-order valence-corrected chi connectivity index (χ1v) is 7.25. The molecular weight excluding hydrogens is 232 g/mol. The summed E-state index contributed by atoms with van der Waals surface area (Å²) in [6.07, 6.45) is 3.70. The van der Waals surface area contributed by atoms with E-state index in [0.717, 1.165) is 29.6 Å². The Labute approximate surface area is 107 Å². The van der Waals surface area contributed by atoms with Crippen LogP contribution in [0.4, 0.5) is 5.13 Å². The first-order valence-electron chi connectivity index (χ1n) is 6.43. The zero-order valence-electron chi connectivity index (χ0n) is 11.0. The lowest BCUT2D eigenvalue weighted by Gasteiger charge is -2.30. The van der Waals surface area contributed by atoms with Gasteiger partial charge in [-0.15, -0.1) is 10.2 Å². The highest BCUT2D eigenvalue weighted by Crippen LogP contribution is 2.30. The summed E-state index contributed by atoms with van der Waals surface area (Å²) in [6.45, 7) is 9.89. The molecule has 1 saturated heterocycles. The summed E-state index contributed by atoms with van der Waals surface area (Å²) >= 11 is 1.69. The molecule has 17 heavy (non-hydrogen) atoms. The average molecular weight is 254 g/mol. The SMILES string of the molecule is CCCNc1nnc(CN2CCCC2(C)C)s1. The van der Waals surface area contributed by atoms with Crippen LogP contribution in [0.3, 0.4) is 0 Å². The summed E-state index contributed by atoms with van der Waals surface area (Å²) in [7, 11) is 0. The van der Waals surface area contributed by atoms with Crippen LogP contribution in [0.25, 0.3) is 0 Å². The first-order chi connectivity index (χ1) is 8.12. The molecule has 0 aliphatic carbocycles. The molecule has 0 atom stereocenters. The van der Waals surface area contributed by atoms with Gasteiger partial charge in [-0.3, -0.25) is 4.90 Å². The van der Waals surface area contributed by atoms with Crippen LogP contribution in [0.2, 0.25) is 0 Å². The maximum absolute atomic E-state index is 4.26. The van der Waals surface area contributed by atoms with Gasteiger partial charge in [0.1, 0.15) is 5.01 Å². The van der Waals surface area contributed by atoms with Gasteiger partial charge in [0.25, 0.3) is 0 Å². The lowest BCUT2D eigenvalue weighted by molar-refractivity contribution is 0.166. The van der Waals surface area contributed by atoms with E-state index in [1.807, 2.05) is 0 Å². The smallest absolute Gasteiger partial charge is 0.205 e. The Morgan fingerprint density at radius 2 is 2.24 bits per heavy atom. The van der Waals surface area contributed by atoms with E-state index in [1.54, 1.807) is 11.3 Å². The zero-order chi connectivity index (χ0) is 12.3. The lowest BCUT2D eigenvalue weighted by Crippen LogP contribution is -2.37. The van der Waals surface area contributed by atoms with Crippen LogP contribution in [0.5, 0.6) is 0 Å². The van der Waals surface area contributed by atoms with Gasteiger partial charge in [0.05, 0.1) is 6.54 Å². The van der Waals surface area contributed by atoms with Crippen molar-refractivity contribution in [3.05, 3.63) is 5.01 Å². The van der Waals surface area contributed by atoms with Gasteiger partial charge in [-0.2, -0.15) is 0 Å². The van der Waals surface area contributed by atoms with Gasteiger partial charge in [0.2, 0.25) is 5.13 Å². The Morgan fingerprint density at radius 3 is 2.88 bits per heavy atom. The summed E-state index contributed by atoms with van der Waals surface area (Å²) < 4.78 is 0. The van der Waals surface area contributed by atoms with Gasteiger partial charge in [-0.05, 0) is 39.7 Å². The van der Waals surface area contributed by atoms with Crippen LogP contribution in [0, 0.1) is 0 Å². The van der Waals surface area contributed by atoms with E-state index in [0.29, 0.717) is 5.54 Å². The van der Waals surface area contributed by atoms with Gasteiger partial charge >= 0.3 is 0 Å². The summed E-state index contributed by atoms with van der Waals surface area (Å²) in [5.41, 5.74) is 0.322. The molecule has 0 bridgehead atoms. The maximum Gasteiger partial charge on any atom is 0.205 e. The van der Waals surface area contributed by atoms with Gasteiger partial charge in [0.15, 0.2) is 0 Å². The van der Waals surface area contributed by atoms with Crippen LogP contribution in [0.1, 0.15) is 45.0 Å². The van der Waals surface area contributed by atoms with E-state index in [9.17, 15) is 0 Å². The average Bonchev–Trinajstić information content (AvgIpc) is 2.84. The van der Waals surface area contributed by atoms with Crippen molar-refractivity contribution in [1.29, 1.82) is 0 Å². The minimum absolute atomic E-state index is 0.322. The van der Waals surface area contributed by atoms with Crippen LogP contribution in [-0.2, 0) is 6.54 Å². The van der Waals surface area contributed by atoms with E-state index in [2.05, 4.69) is 41.2 Å². The van der Waals surface area contributed by atoms with Gasteiger partial charge in [-0.25, -0.2) is 0 Å². The fourth-order valence-electron chi connectivity index (χ4n) is 2.24. The molecule has 0 saturated carbocycles. The van der Waals surface area contributed by atoms with E-state index in [4.69, 9.17) is 0 Å². The molecule has 1 aliphatic rings. The third kappa shape index (κ3) is 3.16.